The fraction of sp³-hybridized carbons (Fsp3) is 0.286. The van der Waals surface area contributed by atoms with Gasteiger partial charge in [-0.15, -0.1) is 0 Å². The van der Waals surface area contributed by atoms with Gasteiger partial charge in [0.25, 0.3) is 0 Å². The molecule has 0 spiro atoms. The fourth-order valence-corrected chi connectivity index (χ4v) is 3.24. The molecule has 138 valence electrons. The average Bonchev–Trinajstić information content (AvgIpc) is 3.43. The lowest BCUT2D eigenvalue weighted by molar-refractivity contribution is 0.0696. The number of carbonyl (C=O) groups is 1. The Bertz CT molecular complexity index is 976. The van der Waals surface area contributed by atoms with Crippen LogP contribution in [0.5, 0.6) is 5.88 Å². The van der Waals surface area contributed by atoms with E-state index in [9.17, 15) is 4.79 Å². The first-order valence-electron chi connectivity index (χ1n) is 9.14. The molecule has 1 aliphatic rings. The minimum atomic E-state index is -1.00. The van der Waals surface area contributed by atoms with Crippen LogP contribution in [0.3, 0.4) is 0 Å². The Hall–Kier alpha value is -3.15. The van der Waals surface area contributed by atoms with Crippen LogP contribution in [0.4, 0.5) is 0 Å². The van der Waals surface area contributed by atoms with Crippen LogP contribution in [0.2, 0.25) is 0 Å². The number of aryl methyl sites for hydroxylation is 1. The third-order valence-corrected chi connectivity index (χ3v) is 4.81. The number of rotatable bonds is 7. The van der Waals surface area contributed by atoms with Gasteiger partial charge in [-0.2, -0.15) is 9.78 Å². The van der Waals surface area contributed by atoms with E-state index < -0.39 is 5.97 Å². The lowest BCUT2D eigenvalue weighted by Gasteiger charge is -2.12. The van der Waals surface area contributed by atoms with Gasteiger partial charge in [0.15, 0.2) is 5.82 Å². The van der Waals surface area contributed by atoms with Crippen molar-refractivity contribution < 1.29 is 14.6 Å². The van der Waals surface area contributed by atoms with Crippen LogP contribution < -0.4 is 4.74 Å². The van der Waals surface area contributed by atoms with E-state index in [1.54, 1.807) is 12.3 Å². The van der Waals surface area contributed by atoms with E-state index in [1.165, 1.54) is 47.0 Å². The molecule has 1 saturated carbocycles. The van der Waals surface area contributed by atoms with Gasteiger partial charge in [0.2, 0.25) is 5.88 Å². The molecule has 4 rings (SSSR count). The molecular formula is C21H21N3O3. The molecule has 1 aromatic carbocycles. The molecular weight excluding hydrogens is 342 g/mol. The van der Waals surface area contributed by atoms with E-state index in [4.69, 9.17) is 9.84 Å². The minimum absolute atomic E-state index is 0.157. The molecule has 6 nitrogen and oxygen atoms in total. The largest absolute Gasteiger partial charge is 0.478 e. The maximum absolute atomic E-state index is 11.2. The summed E-state index contributed by atoms with van der Waals surface area (Å²) in [6.45, 7) is 2.60. The van der Waals surface area contributed by atoms with Crippen LogP contribution in [0.25, 0.3) is 5.82 Å². The number of hydrogen-bond donors (Lipinski definition) is 1. The van der Waals surface area contributed by atoms with Gasteiger partial charge in [-0.1, -0.05) is 25.1 Å². The Morgan fingerprint density at radius 1 is 1.22 bits per heavy atom. The molecule has 0 saturated heterocycles. The van der Waals surface area contributed by atoms with E-state index >= 15 is 0 Å². The van der Waals surface area contributed by atoms with Crippen LogP contribution in [-0.2, 0) is 13.0 Å². The third-order valence-electron chi connectivity index (χ3n) is 4.81. The van der Waals surface area contributed by atoms with E-state index in [-0.39, 0.29) is 5.56 Å². The highest BCUT2D eigenvalue weighted by molar-refractivity contribution is 5.87. The van der Waals surface area contributed by atoms with Gasteiger partial charge in [-0.3, -0.25) is 0 Å². The number of aromatic nitrogens is 3. The second-order valence-corrected chi connectivity index (χ2v) is 6.74. The summed E-state index contributed by atoms with van der Waals surface area (Å²) >= 11 is 0. The molecule has 1 N–H and O–H groups in total. The molecule has 0 aliphatic heterocycles. The fourth-order valence-electron chi connectivity index (χ4n) is 3.24. The van der Waals surface area contributed by atoms with E-state index in [1.807, 2.05) is 0 Å². The number of nitrogens with zero attached hydrogens (tertiary/aromatic N) is 3. The molecule has 0 atom stereocenters. The lowest BCUT2D eigenvalue weighted by atomic mass is 9.99. The van der Waals surface area contributed by atoms with Gasteiger partial charge >= 0.3 is 5.97 Å². The quantitative estimate of drug-likeness (QED) is 0.687. The molecule has 1 fully saturated rings. The van der Waals surface area contributed by atoms with Crippen molar-refractivity contribution in [2.24, 2.45) is 0 Å². The van der Waals surface area contributed by atoms with E-state index in [0.717, 1.165) is 17.9 Å². The molecule has 27 heavy (non-hydrogen) atoms. The number of ether oxygens (including phenoxy) is 1. The summed E-state index contributed by atoms with van der Waals surface area (Å²) in [4.78, 5) is 15.4. The predicted molar refractivity (Wildman–Crippen MR) is 100 cm³/mol. The smallest absolute Gasteiger partial charge is 0.335 e. The van der Waals surface area contributed by atoms with Gasteiger partial charge in [-0.05, 0) is 54.0 Å². The molecule has 0 amide bonds. The van der Waals surface area contributed by atoms with Crippen molar-refractivity contribution in [1.82, 2.24) is 14.8 Å². The first-order chi connectivity index (χ1) is 13.2. The summed E-state index contributed by atoms with van der Waals surface area (Å²) in [6, 6.07) is 11.2. The maximum Gasteiger partial charge on any atom is 0.335 e. The van der Waals surface area contributed by atoms with Crippen molar-refractivity contribution >= 4 is 5.97 Å². The first-order valence-corrected chi connectivity index (χ1v) is 9.14. The summed E-state index contributed by atoms with van der Waals surface area (Å²) < 4.78 is 7.45. The molecule has 6 heteroatoms. The second kappa shape index (κ2) is 7.23. The van der Waals surface area contributed by atoms with Gasteiger partial charge in [0.05, 0.1) is 11.8 Å². The number of pyridine rings is 1. The number of hydrogen-bond acceptors (Lipinski definition) is 4. The van der Waals surface area contributed by atoms with Crippen LogP contribution in [0, 0.1) is 0 Å². The van der Waals surface area contributed by atoms with Crippen LogP contribution in [0.15, 0.2) is 48.8 Å². The minimum Gasteiger partial charge on any atom is -0.478 e. The van der Waals surface area contributed by atoms with Crippen molar-refractivity contribution in [3.05, 3.63) is 71.0 Å². The zero-order valence-corrected chi connectivity index (χ0v) is 15.1. The SMILES string of the molecule is CCc1cc(COc2ccnn2-c2cc(C(=O)O)ccn2)ccc1C1CC1. The normalized spacial score (nSPS) is 13.5. The summed E-state index contributed by atoms with van der Waals surface area (Å²) in [5, 5.41) is 13.4. The second-order valence-electron chi connectivity index (χ2n) is 6.74. The third kappa shape index (κ3) is 3.69. The summed E-state index contributed by atoms with van der Waals surface area (Å²) in [5.74, 6) is 0.669. The Morgan fingerprint density at radius 3 is 2.81 bits per heavy atom. The Balaban J connectivity index is 1.52. The molecule has 2 aromatic heterocycles. The first kappa shape index (κ1) is 17.3. The standard InChI is InChI=1S/C21H21N3O3/c1-2-15-11-14(3-6-18(15)16-4-5-16)13-27-20-8-10-23-24(20)19-12-17(21(25)26)7-9-22-19/h3,6-12,16H,2,4-5,13H2,1H3,(H,25,26). The van der Waals surface area contributed by atoms with Gasteiger partial charge in [-0.25, -0.2) is 9.78 Å². The molecule has 0 radical (unpaired) electrons. The highest BCUT2D eigenvalue weighted by Gasteiger charge is 2.25. The Kier molecular flexibility index (Phi) is 4.62. The van der Waals surface area contributed by atoms with Crippen molar-refractivity contribution in [3.8, 4) is 11.7 Å². The predicted octanol–water partition coefficient (Wildman–Crippen LogP) is 3.98. The summed E-state index contributed by atoms with van der Waals surface area (Å²) in [5.41, 5.74) is 4.13. The van der Waals surface area contributed by atoms with Gasteiger partial charge in [0.1, 0.15) is 6.61 Å². The van der Waals surface area contributed by atoms with Crippen LogP contribution in [0.1, 0.15) is 52.7 Å². The Morgan fingerprint density at radius 2 is 2.07 bits per heavy atom. The Labute approximate surface area is 157 Å². The number of benzene rings is 1. The highest BCUT2D eigenvalue weighted by atomic mass is 16.5. The molecule has 0 bridgehead atoms. The average molecular weight is 363 g/mol. The number of aromatic carboxylic acids is 1. The topological polar surface area (TPSA) is 77.2 Å². The maximum atomic E-state index is 11.2. The van der Waals surface area contributed by atoms with Crippen LogP contribution in [-0.4, -0.2) is 25.8 Å². The molecule has 0 unspecified atom stereocenters. The monoisotopic (exact) mass is 363 g/mol. The lowest BCUT2D eigenvalue weighted by Crippen LogP contribution is -2.07. The molecule has 1 aliphatic carbocycles. The van der Waals surface area contributed by atoms with Gasteiger partial charge < -0.3 is 9.84 Å². The summed E-state index contributed by atoms with van der Waals surface area (Å²) in [7, 11) is 0. The zero-order valence-electron chi connectivity index (χ0n) is 15.1. The summed E-state index contributed by atoms with van der Waals surface area (Å²) in [6.07, 6.45) is 6.67. The van der Waals surface area contributed by atoms with Crippen molar-refractivity contribution in [1.29, 1.82) is 0 Å². The van der Waals surface area contributed by atoms with Crippen molar-refractivity contribution in [2.75, 3.05) is 0 Å². The van der Waals surface area contributed by atoms with Gasteiger partial charge in [0, 0.05) is 12.3 Å². The van der Waals surface area contributed by atoms with E-state index in [2.05, 4.69) is 35.2 Å². The number of carboxylic acid groups (broad SMARTS) is 1. The highest BCUT2D eigenvalue weighted by Crippen LogP contribution is 2.42. The zero-order chi connectivity index (χ0) is 18.8. The van der Waals surface area contributed by atoms with Crippen LogP contribution >= 0.6 is 0 Å². The van der Waals surface area contributed by atoms with Crippen molar-refractivity contribution in [2.45, 2.75) is 38.7 Å². The van der Waals surface area contributed by atoms with E-state index in [0.29, 0.717) is 18.3 Å². The van der Waals surface area contributed by atoms with Crippen molar-refractivity contribution in [3.63, 3.8) is 0 Å². The molecule has 3 aromatic rings. The number of carboxylic acids is 1. The molecule has 2 heterocycles.